The van der Waals surface area contributed by atoms with E-state index in [1.807, 2.05) is 7.11 Å². The highest BCUT2D eigenvalue weighted by Crippen LogP contribution is 2.76. The number of benzene rings is 1. The molecule has 2 aliphatic heterocycles. The molecule has 34 heavy (non-hydrogen) atoms. The number of carbonyl (C=O) groups excluding carboxylic acids is 1. The number of aryl methyl sites for hydroxylation is 1. The number of nitrogens with one attached hydrogen (secondary N) is 1. The van der Waals surface area contributed by atoms with Gasteiger partial charge in [-0.2, -0.15) is 0 Å². The minimum absolute atomic E-state index is 0.0189. The summed E-state index contributed by atoms with van der Waals surface area (Å²) in [5.41, 5.74) is 10.0. The summed E-state index contributed by atoms with van der Waals surface area (Å²) in [7, 11) is 1.87. The number of likely N-dealkylation sites (tertiary alicyclic amines) is 1. The predicted molar refractivity (Wildman–Crippen MR) is 130 cm³/mol. The van der Waals surface area contributed by atoms with Gasteiger partial charge in [-0.25, -0.2) is 0 Å². The molecule has 6 nitrogen and oxygen atoms in total. The van der Waals surface area contributed by atoms with Crippen LogP contribution in [0.15, 0.2) is 12.1 Å². The van der Waals surface area contributed by atoms with Gasteiger partial charge in [0.2, 0.25) is 5.91 Å². The summed E-state index contributed by atoms with van der Waals surface area (Å²) in [6, 6.07) is 4.72. The molecule has 184 valence electrons. The van der Waals surface area contributed by atoms with Gasteiger partial charge in [-0.15, -0.1) is 0 Å². The molecule has 0 aromatic heterocycles. The van der Waals surface area contributed by atoms with Gasteiger partial charge in [-0.05, 0) is 82.4 Å². The fourth-order valence-corrected chi connectivity index (χ4v) is 9.32. The number of nitrogens with zero attached hydrogens (tertiary/aromatic N) is 1. The Morgan fingerprint density at radius 1 is 1.32 bits per heavy atom. The summed E-state index contributed by atoms with van der Waals surface area (Å²) in [6.07, 6.45) is 8.39. The molecule has 6 heteroatoms. The Hall–Kier alpha value is -1.63. The molecule has 3 N–H and O–H groups in total. The fourth-order valence-electron chi connectivity index (χ4n) is 9.32. The van der Waals surface area contributed by atoms with E-state index in [4.69, 9.17) is 15.2 Å². The lowest BCUT2D eigenvalue weighted by molar-refractivity contribution is -0.276. The number of methoxy groups -OCH3 is 1. The lowest BCUT2D eigenvalue weighted by atomic mass is 9.34. The first kappa shape index (κ1) is 21.6. The molecular weight excluding hydrogens is 426 g/mol. The van der Waals surface area contributed by atoms with Crippen LogP contribution in [0.2, 0.25) is 0 Å². The van der Waals surface area contributed by atoms with E-state index in [1.165, 1.54) is 49.0 Å². The third-order valence-electron chi connectivity index (χ3n) is 11.0. The number of amides is 1. The topological polar surface area (TPSA) is 76.8 Å². The molecule has 1 aromatic carbocycles. The monoisotopic (exact) mass is 465 g/mol. The molecular formula is C28H39N3O3. The first-order valence-corrected chi connectivity index (χ1v) is 13.5. The largest absolute Gasteiger partial charge is 0.486 e. The molecule has 4 saturated carbocycles. The van der Waals surface area contributed by atoms with Crippen molar-refractivity contribution in [3.05, 3.63) is 28.8 Å². The van der Waals surface area contributed by atoms with Gasteiger partial charge in [-0.1, -0.05) is 12.1 Å². The van der Waals surface area contributed by atoms with Gasteiger partial charge in [-0.3, -0.25) is 9.69 Å². The minimum Gasteiger partial charge on any atom is -0.486 e. The Morgan fingerprint density at radius 2 is 2.15 bits per heavy atom. The molecule has 7 atom stereocenters. The smallest absolute Gasteiger partial charge is 0.236 e. The summed E-state index contributed by atoms with van der Waals surface area (Å²) in [5, 5.41) is 3.17. The first-order chi connectivity index (χ1) is 16.4. The standard InChI is InChI=1S/C28H39N3O3/c1-16-4-7-19-12-21-26-8-9-28(33-3,20(13-26)14-30-24(32)17(2)29)25-27(26,22(19)23(16)34-25)10-11-31(21)15-18-5-6-18/h4,7,17-18,20-21,25H,5-6,8-15,29H2,1-3H3,(H,30,32)/t17-,20+,21+,25+,26+,27?,28+/m0/s1. The maximum absolute atomic E-state index is 12.5. The quantitative estimate of drug-likeness (QED) is 0.676. The highest BCUT2D eigenvalue weighted by Gasteiger charge is 2.80. The van der Waals surface area contributed by atoms with Crippen molar-refractivity contribution in [2.45, 2.75) is 88.0 Å². The van der Waals surface area contributed by atoms with Gasteiger partial charge in [0.15, 0.2) is 0 Å². The number of nitrogens with two attached hydrogens (primary N) is 1. The number of carbonyl (C=O) groups is 1. The number of rotatable bonds is 6. The Labute approximate surface area is 202 Å². The fraction of sp³-hybridized carbons (Fsp3) is 0.750. The van der Waals surface area contributed by atoms with E-state index < -0.39 is 6.04 Å². The Bertz CT molecular complexity index is 1050. The van der Waals surface area contributed by atoms with Crippen molar-refractivity contribution in [1.82, 2.24) is 10.2 Å². The van der Waals surface area contributed by atoms with Crippen LogP contribution < -0.4 is 15.8 Å². The van der Waals surface area contributed by atoms with Crippen molar-refractivity contribution in [3.63, 3.8) is 0 Å². The van der Waals surface area contributed by atoms with Crippen LogP contribution in [0.25, 0.3) is 0 Å². The zero-order valence-electron chi connectivity index (χ0n) is 20.9. The van der Waals surface area contributed by atoms with Gasteiger partial charge in [0.05, 0.1) is 6.04 Å². The van der Waals surface area contributed by atoms with E-state index in [9.17, 15) is 4.79 Å². The number of piperidine rings is 1. The van der Waals surface area contributed by atoms with Gasteiger partial charge in [0.25, 0.3) is 0 Å². The third kappa shape index (κ3) is 2.45. The van der Waals surface area contributed by atoms with E-state index in [0.29, 0.717) is 12.6 Å². The summed E-state index contributed by atoms with van der Waals surface area (Å²) in [6.45, 7) is 6.99. The molecule has 8 rings (SSSR count). The molecule has 0 radical (unpaired) electrons. The van der Waals surface area contributed by atoms with E-state index in [1.54, 1.807) is 6.92 Å². The van der Waals surface area contributed by atoms with Crippen LogP contribution >= 0.6 is 0 Å². The maximum atomic E-state index is 12.5. The second kappa shape index (κ2) is 6.98. The molecule has 1 amide bonds. The molecule has 5 aliphatic carbocycles. The van der Waals surface area contributed by atoms with Crippen LogP contribution in [0.3, 0.4) is 0 Å². The second-order valence-electron chi connectivity index (χ2n) is 12.4. The van der Waals surface area contributed by atoms with Crippen molar-refractivity contribution in [2.24, 2.45) is 23.0 Å². The van der Waals surface area contributed by atoms with Crippen molar-refractivity contribution < 1.29 is 14.3 Å². The Kier molecular flexibility index (Phi) is 4.44. The molecule has 1 unspecified atom stereocenters. The Balaban J connectivity index is 1.37. The molecule has 1 saturated heterocycles. The van der Waals surface area contributed by atoms with Gasteiger partial charge >= 0.3 is 0 Å². The normalized spacial score (nSPS) is 42.2. The molecule has 2 heterocycles. The second-order valence-corrected chi connectivity index (χ2v) is 12.4. The molecule has 4 bridgehead atoms. The van der Waals surface area contributed by atoms with Gasteiger partial charge in [0, 0.05) is 48.6 Å². The Morgan fingerprint density at radius 3 is 2.88 bits per heavy atom. The number of fused-ring (bicyclic) bond motifs is 2. The first-order valence-electron chi connectivity index (χ1n) is 13.5. The molecule has 1 aromatic rings. The van der Waals surface area contributed by atoms with Crippen molar-refractivity contribution >= 4 is 5.91 Å². The number of hydrogen-bond donors (Lipinski definition) is 2. The van der Waals surface area contributed by atoms with E-state index in [0.717, 1.165) is 37.4 Å². The van der Waals surface area contributed by atoms with Crippen molar-refractivity contribution in [3.8, 4) is 5.75 Å². The number of hydrogen-bond acceptors (Lipinski definition) is 5. The van der Waals surface area contributed by atoms with Crippen LogP contribution in [0.5, 0.6) is 5.75 Å². The maximum Gasteiger partial charge on any atom is 0.236 e. The van der Waals surface area contributed by atoms with Crippen LogP contribution in [-0.4, -0.2) is 61.3 Å². The van der Waals surface area contributed by atoms with E-state index in [2.05, 4.69) is 29.3 Å². The van der Waals surface area contributed by atoms with Gasteiger partial charge < -0.3 is 20.5 Å². The SMILES string of the molecule is CO[C@]12CC[C@@]3(C[C@@H]1CNC(=O)[C@H](C)N)[C@H]1Cc4ccc(C)c5c4C3(CCN1CC1CC1)[C@H]2O5. The minimum atomic E-state index is -0.496. The van der Waals surface area contributed by atoms with Crippen LogP contribution in [0.1, 0.15) is 62.1 Å². The lowest BCUT2D eigenvalue weighted by Crippen LogP contribution is -2.81. The third-order valence-corrected chi connectivity index (χ3v) is 11.0. The van der Waals surface area contributed by atoms with Gasteiger partial charge in [0.1, 0.15) is 17.5 Å². The lowest BCUT2D eigenvalue weighted by Gasteiger charge is -2.74. The zero-order valence-corrected chi connectivity index (χ0v) is 20.9. The van der Waals surface area contributed by atoms with E-state index >= 15 is 0 Å². The molecule has 2 spiro atoms. The van der Waals surface area contributed by atoms with Crippen molar-refractivity contribution in [1.29, 1.82) is 0 Å². The van der Waals surface area contributed by atoms with Crippen LogP contribution in [0, 0.1) is 24.2 Å². The number of ether oxygens (including phenoxy) is 2. The average Bonchev–Trinajstić information content (AvgIpc) is 3.57. The summed E-state index contributed by atoms with van der Waals surface area (Å²) >= 11 is 0. The summed E-state index contributed by atoms with van der Waals surface area (Å²) < 4.78 is 13.6. The zero-order chi connectivity index (χ0) is 23.5. The average molecular weight is 466 g/mol. The van der Waals surface area contributed by atoms with E-state index in [-0.39, 0.29) is 34.4 Å². The van der Waals surface area contributed by atoms with Crippen LogP contribution in [-0.2, 0) is 21.4 Å². The predicted octanol–water partition coefficient (Wildman–Crippen LogP) is 2.68. The van der Waals surface area contributed by atoms with Crippen molar-refractivity contribution in [2.75, 3.05) is 26.7 Å². The summed E-state index contributed by atoms with van der Waals surface area (Å²) in [4.78, 5) is 15.3. The highest BCUT2D eigenvalue weighted by molar-refractivity contribution is 5.81. The van der Waals surface area contributed by atoms with Crippen LogP contribution in [0.4, 0.5) is 0 Å². The highest BCUT2D eigenvalue weighted by atomic mass is 16.6. The molecule has 7 aliphatic rings. The molecule has 5 fully saturated rings. The summed E-state index contributed by atoms with van der Waals surface area (Å²) in [5.74, 6) is 2.19.